The van der Waals surface area contributed by atoms with Crippen LogP contribution in [0, 0.1) is 0 Å². The first-order chi connectivity index (χ1) is 14.3. The predicted molar refractivity (Wildman–Crippen MR) is 119 cm³/mol. The first-order valence-electron chi connectivity index (χ1n) is 10.8. The summed E-state index contributed by atoms with van der Waals surface area (Å²) in [5.41, 5.74) is 2.46. The Morgan fingerprint density at radius 2 is 1.90 bits per heavy atom. The van der Waals surface area contributed by atoms with Gasteiger partial charge >= 0.3 is 0 Å². The van der Waals surface area contributed by atoms with E-state index in [4.69, 9.17) is 9.72 Å². The summed E-state index contributed by atoms with van der Waals surface area (Å²) >= 11 is 1.80. The third kappa shape index (κ3) is 5.71. The highest BCUT2D eigenvalue weighted by Gasteiger charge is 2.23. The summed E-state index contributed by atoms with van der Waals surface area (Å²) in [4.78, 5) is 14.5. The fraction of sp³-hybridized carbons (Fsp3) is 0.565. The van der Waals surface area contributed by atoms with E-state index in [1.165, 1.54) is 50.0 Å². The Hall–Kier alpha value is -1.63. The smallest absolute Gasteiger partial charge is 0.187 e. The summed E-state index contributed by atoms with van der Waals surface area (Å²) in [6.07, 6.45) is 7.06. The molecule has 1 unspecified atom stereocenters. The lowest BCUT2D eigenvalue weighted by Crippen LogP contribution is -2.34. The molecule has 0 aliphatic carbocycles. The summed E-state index contributed by atoms with van der Waals surface area (Å²) < 4.78 is 5.53. The molecule has 0 saturated carbocycles. The Morgan fingerprint density at radius 1 is 1.07 bits per heavy atom. The number of methoxy groups -OCH3 is 1. The van der Waals surface area contributed by atoms with Crippen molar-refractivity contribution in [3.05, 3.63) is 47.8 Å². The molecule has 0 amide bonds. The molecule has 0 radical (unpaired) electrons. The highest BCUT2D eigenvalue weighted by molar-refractivity contribution is 7.99. The third-order valence-electron chi connectivity index (χ3n) is 6.00. The largest absolute Gasteiger partial charge is 0.496 e. The summed E-state index contributed by atoms with van der Waals surface area (Å²) in [5.74, 6) is 2.54. The second kappa shape index (κ2) is 10.4. The number of nitrogens with zero attached hydrogens (tertiary/aromatic N) is 4. The van der Waals surface area contributed by atoms with Gasteiger partial charge in [-0.2, -0.15) is 0 Å². The normalized spacial score (nSPS) is 20.8. The number of hydrogen-bond donors (Lipinski definition) is 0. The Bertz CT molecular complexity index is 781. The van der Waals surface area contributed by atoms with Gasteiger partial charge in [-0.15, -0.1) is 0 Å². The van der Waals surface area contributed by atoms with Crippen LogP contribution >= 0.6 is 11.8 Å². The topological polar surface area (TPSA) is 41.5 Å². The molecule has 0 spiro atoms. The van der Waals surface area contributed by atoms with Crippen molar-refractivity contribution in [3.8, 4) is 5.75 Å². The molecule has 2 fully saturated rings. The second-order valence-corrected chi connectivity index (χ2v) is 9.11. The molecule has 3 heterocycles. The van der Waals surface area contributed by atoms with Gasteiger partial charge in [-0.3, -0.25) is 4.90 Å². The average molecular weight is 413 g/mol. The Morgan fingerprint density at radius 3 is 2.76 bits per heavy atom. The minimum Gasteiger partial charge on any atom is -0.496 e. The molecule has 2 aliphatic rings. The van der Waals surface area contributed by atoms with Crippen molar-refractivity contribution in [1.29, 1.82) is 0 Å². The lowest BCUT2D eigenvalue weighted by atomic mass is 9.94. The molecule has 2 saturated heterocycles. The van der Waals surface area contributed by atoms with Crippen molar-refractivity contribution in [1.82, 2.24) is 19.8 Å². The lowest BCUT2D eigenvalue weighted by molar-refractivity contribution is 0.196. The molecule has 0 bridgehead atoms. The number of aromatic nitrogens is 2. The maximum Gasteiger partial charge on any atom is 0.187 e. The predicted octanol–water partition coefficient (Wildman–Crippen LogP) is 4.05. The van der Waals surface area contributed by atoms with Crippen molar-refractivity contribution in [3.63, 3.8) is 0 Å². The molecule has 29 heavy (non-hydrogen) atoms. The zero-order valence-corrected chi connectivity index (χ0v) is 18.2. The number of thioether (sulfide) groups is 1. The van der Waals surface area contributed by atoms with Gasteiger partial charge in [-0.05, 0) is 57.5 Å². The van der Waals surface area contributed by atoms with E-state index in [9.17, 15) is 0 Å². The fourth-order valence-electron chi connectivity index (χ4n) is 4.44. The van der Waals surface area contributed by atoms with E-state index in [2.05, 4.69) is 33.0 Å². The minimum absolute atomic E-state index is 0.486. The number of likely N-dealkylation sites (tertiary alicyclic amines) is 2. The quantitative estimate of drug-likeness (QED) is 0.481. The molecule has 1 aromatic heterocycles. The molecule has 156 valence electrons. The minimum atomic E-state index is 0.486. The first-order valence-corrected chi connectivity index (χ1v) is 11.8. The van der Waals surface area contributed by atoms with E-state index in [0.29, 0.717) is 5.92 Å². The zero-order valence-electron chi connectivity index (χ0n) is 17.4. The van der Waals surface area contributed by atoms with E-state index in [-0.39, 0.29) is 0 Å². The molecular weight excluding hydrogens is 380 g/mol. The first kappa shape index (κ1) is 20.6. The Labute approximate surface area is 178 Å². The number of ether oxygens (including phenoxy) is 1. The van der Waals surface area contributed by atoms with Gasteiger partial charge in [0.05, 0.1) is 7.11 Å². The number of benzene rings is 1. The van der Waals surface area contributed by atoms with Gasteiger partial charge in [0.2, 0.25) is 0 Å². The van der Waals surface area contributed by atoms with Gasteiger partial charge in [0.25, 0.3) is 0 Å². The van der Waals surface area contributed by atoms with E-state index < -0.39 is 0 Å². The van der Waals surface area contributed by atoms with Crippen LogP contribution in [0.2, 0.25) is 0 Å². The Balaban J connectivity index is 1.34. The van der Waals surface area contributed by atoms with Crippen LogP contribution in [0.25, 0.3) is 0 Å². The summed E-state index contributed by atoms with van der Waals surface area (Å²) in [5, 5.41) is 0.934. The molecule has 5 nitrogen and oxygen atoms in total. The summed E-state index contributed by atoms with van der Waals surface area (Å²) in [6.45, 7) is 6.78. The number of piperidine rings is 1. The van der Waals surface area contributed by atoms with E-state index >= 15 is 0 Å². The molecule has 1 atom stereocenters. The molecule has 4 rings (SSSR count). The summed E-state index contributed by atoms with van der Waals surface area (Å²) in [6, 6.07) is 10.5. The van der Waals surface area contributed by atoms with Crippen LogP contribution in [-0.4, -0.2) is 65.4 Å². The lowest BCUT2D eigenvalue weighted by Gasteiger charge is -2.32. The van der Waals surface area contributed by atoms with Crippen LogP contribution in [0.5, 0.6) is 5.75 Å². The highest BCUT2D eigenvalue weighted by Crippen LogP contribution is 2.29. The third-order valence-corrected chi connectivity index (χ3v) is 6.84. The van der Waals surface area contributed by atoms with Crippen molar-refractivity contribution in [2.24, 2.45) is 0 Å². The zero-order chi connectivity index (χ0) is 19.9. The van der Waals surface area contributed by atoms with Gasteiger partial charge in [-0.25, -0.2) is 9.97 Å². The molecule has 2 aliphatic heterocycles. The highest BCUT2D eigenvalue weighted by atomic mass is 32.2. The van der Waals surface area contributed by atoms with Crippen molar-refractivity contribution in [2.45, 2.75) is 43.3 Å². The molecule has 6 heteroatoms. The van der Waals surface area contributed by atoms with Crippen molar-refractivity contribution in [2.75, 3.05) is 45.6 Å². The standard InChI is InChI=1S/C23H32N4OS/c1-28-22-9-3-2-7-20(22)18-27-14-6-8-19(17-27)21-10-11-24-23(25-21)29-16-15-26-12-4-5-13-26/h2-3,7,9-11,19H,4-6,8,12-18H2,1H3. The molecule has 2 aromatic rings. The van der Waals surface area contributed by atoms with Crippen LogP contribution in [0.3, 0.4) is 0 Å². The number of hydrogen-bond acceptors (Lipinski definition) is 6. The SMILES string of the molecule is COc1ccccc1CN1CCCC(c2ccnc(SCCN3CCCC3)n2)C1. The second-order valence-electron chi connectivity index (χ2n) is 8.05. The van der Waals surface area contributed by atoms with Gasteiger partial charge in [-0.1, -0.05) is 30.0 Å². The number of rotatable bonds is 8. The summed E-state index contributed by atoms with van der Waals surface area (Å²) in [7, 11) is 1.75. The van der Waals surface area contributed by atoms with Crippen molar-refractivity contribution < 1.29 is 4.74 Å². The van der Waals surface area contributed by atoms with Crippen LogP contribution in [0.15, 0.2) is 41.7 Å². The van der Waals surface area contributed by atoms with Gasteiger partial charge in [0.1, 0.15) is 5.75 Å². The Kier molecular flexibility index (Phi) is 7.41. The van der Waals surface area contributed by atoms with Crippen molar-refractivity contribution >= 4 is 11.8 Å². The van der Waals surface area contributed by atoms with E-state index in [1.807, 2.05) is 18.3 Å². The maximum atomic E-state index is 5.53. The maximum absolute atomic E-state index is 5.53. The fourth-order valence-corrected chi connectivity index (χ4v) is 5.28. The van der Waals surface area contributed by atoms with Gasteiger partial charge < -0.3 is 9.64 Å². The average Bonchev–Trinajstić information content (AvgIpc) is 3.28. The van der Waals surface area contributed by atoms with Crippen LogP contribution < -0.4 is 4.74 Å². The van der Waals surface area contributed by atoms with Gasteiger partial charge in [0, 0.05) is 48.8 Å². The number of para-hydroxylation sites is 1. The molecule has 0 N–H and O–H groups in total. The van der Waals surface area contributed by atoms with Gasteiger partial charge in [0.15, 0.2) is 5.16 Å². The van der Waals surface area contributed by atoms with E-state index in [0.717, 1.165) is 42.8 Å². The molecular formula is C23H32N4OS. The van der Waals surface area contributed by atoms with Crippen LogP contribution in [0.4, 0.5) is 0 Å². The van der Waals surface area contributed by atoms with E-state index in [1.54, 1.807) is 18.9 Å². The van der Waals surface area contributed by atoms with Crippen LogP contribution in [-0.2, 0) is 6.54 Å². The van der Waals surface area contributed by atoms with Crippen LogP contribution in [0.1, 0.15) is 42.9 Å². The molecule has 1 aromatic carbocycles. The monoisotopic (exact) mass is 412 g/mol.